The van der Waals surface area contributed by atoms with Gasteiger partial charge in [-0.05, 0) is 55.8 Å². The summed E-state index contributed by atoms with van der Waals surface area (Å²) in [5.41, 5.74) is 3.03. The fraction of sp³-hybridized carbons (Fsp3) is 0.107. The maximum atomic E-state index is 13.7. The lowest BCUT2D eigenvalue weighted by Gasteiger charge is -2.15. The van der Waals surface area contributed by atoms with Crippen LogP contribution in [0, 0.1) is 13.8 Å². The number of rotatable bonds is 6. The molecule has 0 aliphatic heterocycles. The van der Waals surface area contributed by atoms with Gasteiger partial charge in [-0.3, -0.25) is 9.78 Å². The number of nitrogens with zero attached hydrogens (tertiary/aromatic N) is 5. The Morgan fingerprint density at radius 3 is 2.38 bits per heavy atom. The van der Waals surface area contributed by atoms with E-state index < -0.39 is 17.6 Å². The van der Waals surface area contributed by atoms with Gasteiger partial charge >= 0.3 is 6.18 Å². The van der Waals surface area contributed by atoms with Gasteiger partial charge in [0.1, 0.15) is 0 Å². The van der Waals surface area contributed by atoms with Crippen LogP contribution in [-0.4, -0.2) is 30.4 Å². The fourth-order valence-electron chi connectivity index (χ4n) is 3.91. The van der Waals surface area contributed by atoms with Gasteiger partial charge < -0.3 is 15.2 Å². The van der Waals surface area contributed by atoms with E-state index in [0.29, 0.717) is 11.4 Å². The highest BCUT2D eigenvalue weighted by Crippen LogP contribution is 2.33. The van der Waals surface area contributed by atoms with Crippen LogP contribution in [0.3, 0.4) is 0 Å². The Balaban J connectivity index is 1.43. The Labute approximate surface area is 221 Å². The molecule has 0 fully saturated rings. The molecule has 8 nitrogen and oxygen atoms in total. The Bertz CT molecular complexity index is 1630. The van der Waals surface area contributed by atoms with Gasteiger partial charge in [0.05, 0.1) is 28.8 Å². The summed E-state index contributed by atoms with van der Waals surface area (Å²) in [6.07, 6.45) is 5.03. The summed E-state index contributed by atoms with van der Waals surface area (Å²) in [5, 5.41) is 5.65. The summed E-state index contributed by atoms with van der Waals surface area (Å²) in [7, 11) is 0. The molecule has 0 saturated carbocycles. The number of nitrogens with one attached hydrogen (secondary N) is 2. The first-order valence-electron chi connectivity index (χ1n) is 11.8. The molecule has 5 aromatic rings. The van der Waals surface area contributed by atoms with Crippen LogP contribution >= 0.6 is 0 Å². The number of aromatic nitrogens is 5. The minimum absolute atomic E-state index is 0.0141. The highest BCUT2D eigenvalue weighted by molar-refractivity contribution is 6.08. The second kappa shape index (κ2) is 10.4. The smallest absolute Gasteiger partial charge is 0.323 e. The summed E-state index contributed by atoms with van der Waals surface area (Å²) in [4.78, 5) is 30.1. The number of imidazole rings is 1. The number of pyridine rings is 1. The molecule has 0 aliphatic rings. The summed E-state index contributed by atoms with van der Waals surface area (Å²) >= 11 is 0. The molecule has 2 aromatic carbocycles. The molecule has 0 bridgehead atoms. The standard InChI is InChI=1S/C28H22F3N7O/c1-17-5-6-24(25(8-17)37-27-33-13-20(14-34-27)19-4-3-7-32-12-19)26(39)36-22-9-21(28(29,30)31)10-23(11-22)38-15-18(2)35-16-38/h3-16H,1-2H3,(H,36,39)(H,33,34,37). The van der Waals surface area contributed by atoms with Crippen molar-refractivity contribution in [2.24, 2.45) is 0 Å². The van der Waals surface area contributed by atoms with Gasteiger partial charge in [0.15, 0.2) is 0 Å². The molecule has 0 spiro atoms. The van der Waals surface area contributed by atoms with E-state index in [1.165, 1.54) is 17.0 Å². The molecule has 0 saturated heterocycles. The van der Waals surface area contributed by atoms with Crippen LogP contribution in [0.4, 0.5) is 30.5 Å². The number of halogens is 3. The third kappa shape index (κ3) is 5.93. The second-order valence-corrected chi connectivity index (χ2v) is 8.85. The van der Waals surface area contributed by atoms with Gasteiger partial charge in [-0.15, -0.1) is 0 Å². The van der Waals surface area contributed by atoms with Crippen molar-refractivity contribution in [2.45, 2.75) is 20.0 Å². The molecular formula is C28H22F3N7O. The summed E-state index contributed by atoms with van der Waals surface area (Å²) in [6.45, 7) is 3.58. The molecule has 0 aliphatic carbocycles. The SMILES string of the molecule is Cc1ccc(C(=O)Nc2cc(-n3cnc(C)c3)cc(C(F)(F)F)c2)c(Nc2ncc(-c3cccnc3)cn2)c1. The average molecular weight is 530 g/mol. The highest BCUT2D eigenvalue weighted by atomic mass is 19.4. The monoisotopic (exact) mass is 529 g/mol. The van der Waals surface area contributed by atoms with Crippen molar-refractivity contribution < 1.29 is 18.0 Å². The van der Waals surface area contributed by atoms with E-state index >= 15 is 0 Å². The number of anilines is 3. The Kier molecular flexibility index (Phi) is 6.80. The molecule has 11 heteroatoms. The Hall–Kier alpha value is -5.06. The molecule has 196 valence electrons. The number of alkyl halides is 3. The van der Waals surface area contributed by atoms with Gasteiger partial charge in [-0.2, -0.15) is 13.2 Å². The summed E-state index contributed by atoms with van der Waals surface area (Å²) in [6, 6.07) is 12.1. The highest BCUT2D eigenvalue weighted by Gasteiger charge is 2.31. The lowest BCUT2D eigenvalue weighted by Crippen LogP contribution is -2.16. The van der Waals surface area contributed by atoms with Crippen LogP contribution in [0.25, 0.3) is 16.8 Å². The van der Waals surface area contributed by atoms with Gasteiger partial charge in [0, 0.05) is 53.5 Å². The molecule has 3 heterocycles. The van der Waals surface area contributed by atoms with E-state index in [4.69, 9.17) is 0 Å². The number of carbonyl (C=O) groups excluding carboxylic acids is 1. The van der Waals surface area contributed by atoms with E-state index in [2.05, 4.69) is 30.6 Å². The van der Waals surface area contributed by atoms with Gasteiger partial charge in [0.25, 0.3) is 5.91 Å². The van der Waals surface area contributed by atoms with Crippen LogP contribution in [-0.2, 0) is 6.18 Å². The largest absolute Gasteiger partial charge is 0.416 e. The van der Waals surface area contributed by atoms with E-state index in [1.54, 1.807) is 56.1 Å². The zero-order valence-electron chi connectivity index (χ0n) is 20.9. The van der Waals surface area contributed by atoms with Crippen molar-refractivity contribution in [2.75, 3.05) is 10.6 Å². The third-order valence-electron chi connectivity index (χ3n) is 5.83. The topological polar surface area (TPSA) is 97.6 Å². The molecule has 0 radical (unpaired) electrons. The van der Waals surface area contributed by atoms with E-state index in [0.717, 1.165) is 28.8 Å². The quantitative estimate of drug-likeness (QED) is 0.266. The third-order valence-corrected chi connectivity index (χ3v) is 5.83. The predicted molar refractivity (Wildman–Crippen MR) is 141 cm³/mol. The maximum absolute atomic E-state index is 13.7. The molecule has 39 heavy (non-hydrogen) atoms. The number of benzene rings is 2. The molecule has 1 amide bonds. The van der Waals surface area contributed by atoms with Crippen LogP contribution in [0.5, 0.6) is 0 Å². The first-order valence-corrected chi connectivity index (χ1v) is 11.8. The zero-order valence-corrected chi connectivity index (χ0v) is 20.9. The van der Waals surface area contributed by atoms with Crippen molar-refractivity contribution in [3.05, 3.63) is 108 Å². The normalized spacial score (nSPS) is 11.3. The minimum Gasteiger partial charge on any atom is -0.323 e. The van der Waals surface area contributed by atoms with Crippen LogP contribution in [0.2, 0.25) is 0 Å². The van der Waals surface area contributed by atoms with Crippen molar-refractivity contribution in [3.63, 3.8) is 0 Å². The van der Waals surface area contributed by atoms with Crippen molar-refractivity contribution in [1.29, 1.82) is 0 Å². The molecule has 5 rings (SSSR count). The first kappa shape index (κ1) is 25.6. The molecule has 3 aromatic heterocycles. The lowest BCUT2D eigenvalue weighted by atomic mass is 10.1. The fourth-order valence-corrected chi connectivity index (χ4v) is 3.91. The summed E-state index contributed by atoms with van der Waals surface area (Å²) in [5.74, 6) is -0.351. The Morgan fingerprint density at radius 2 is 1.72 bits per heavy atom. The zero-order chi connectivity index (χ0) is 27.6. The number of hydrogen-bond donors (Lipinski definition) is 2. The number of carbonyl (C=O) groups is 1. The number of amides is 1. The lowest BCUT2D eigenvalue weighted by molar-refractivity contribution is -0.137. The van der Waals surface area contributed by atoms with E-state index in [9.17, 15) is 18.0 Å². The second-order valence-electron chi connectivity index (χ2n) is 8.85. The maximum Gasteiger partial charge on any atom is 0.416 e. The van der Waals surface area contributed by atoms with Crippen molar-refractivity contribution in [3.8, 4) is 16.8 Å². The summed E-state index contributed by atoms with van der Waals surface area (Å²) < 4.78 is 42.4. The van der Waals surface area contributed by atoms with Gasteiger partial charge in [0.2, 0.25) is 5.95 Å². The molecule has 2 N–H and O–H groups in total. The Morgan fingerprint density at radius 1 is 0.923 bits per heavy atom. The van der Waals surface area contributed by atoms with Gasteiger partial charge in [-0.1, -0.05) is 12.1 Å². The van der Waals surface area contributed by atoms with Crippen LogP contribution in [0.1, 0.15) is 27.2 Å². The number of aryl methyl sites for hydroxylation is 2. The molecule has 0 unspecified atom stereocenters. The van der Waals surface area contributed by atoms with Crippen LogP contribution < -0.4 is 10.6 Å². The van der Waals surface area contributed by atoms with Crippen LogP contribution in [0.15, 0.2) is 85.8 Å². The van der Waals surface area contributed by atoms with E-state index in [1.807, 2.05) is 19.1 Å². The predicted octanol–water partition coefficient (Wildman–Crippen LogP) is 6.36. The van der Waals surface area contributed by atoms with Gasteiger partial charge in [-0.25, -0.2) is 15.0 Å². The van der Waals surface area contributed by atoms with E-state index in [-0.39, 0.29) is 22.9 Å². The van der Waals surface area contributed by atoms with Crippen molar-refractivity contribution in [1.82, 2.24) is 24.5 Å². The minimum atomic E-state index is -4.61. The average Bonchev–Trinajstić information content (AvgIpc) is 3.35. The number of hydrogen-bond acceptors (Lipinski definition) is 6. The molecule has 0 atom stereocenters. The van der Waals surface area contributed by atoms with Crippen molar-refractivity contribution >= 4 is 23.2 Å². The first-order chi connectivity index (χ1) is 18.7. The molecular weight excluding hydrogens is 507 g/mol.